The number of carboxylic acid groups (broad SMARTS) is 1. The summed E-state index contributed by atoms with van der Waals surface area (Å²) < 4.78 is 33.3. The first-order valence-corrected chi connectivity index (χ1v) is 42.4. The van der Waals surface area contributed by atoms with Crippen LogP contribution in [0.25, 0.3) is 16.7 Å². The van der Waals surface area contributed by atoms with E-state index in [9.17, 15) is 29.1 Å². The first kappa shape index (κ1) is 101. The van der Waals surface area contributed by atoms with Crippen molar-refractivity contribution in [3.8, 4) is 11.5 Å². The van der Waals surface area contributed by atoms with Crippen molar-refractivity contribution in [1.29, 1.82) is 0 Å². The summed E-state index contributed by atoms with van der Waals surface area (Å²) in [5, 5.41) is 17.4. The molecule has 10 rings (SSSR count). The Hall–Kier alpha value is -13.1. The maximum absolute atomic E-state index is 12.3. The number of aliphatic imine (C=N–C) groups is 1. The molecule has 0 atom stereocenters. The first-order chi connectivity index (χ1) is 60.1. The van der Waals surface area contributed by atoms with E-state index < -0.39 is 5.97 Å². The number of hydrogen-bond acceptors (Lipinski definition) is 15. The zero-order chi connectivity index (χ0) is 91.0. The number of carbonyl (C=O) groups is 5. The lowest BCUT2D eigenvalue weighted by Crippen LogP contribution is -2.35. The van der Waals surface area contributed by atoms with Crippen molar-refractivity contribution in [2.45, 2.75) is 58.8 Å². The van der Waals surface area contributed by atoms with E-state index in [-0.39, 0.29) is 42.1 Å². The fourth-order valence-corrected chi connectivity index (χ4v) is 12.5. The summed E-state index contributed by atoms with van der Waals surface area (Å²) in [5.41, 5.74) is 21.4. The molecule has 0 spiro atoms. The van der Waals surface area contributed by atoms with Crippen molar-refractivity contribution in [3.05, 3.63) is 305 Å². The molecule has 3 aliphatic carbocycles. The van der Waals surface area contributed by atoms with Gasteiger partial charge in [-0.05, 0) is 214 Å². The number of amides is 3. The van der Waals surface area contributed by atoms with Crippen molar-refractivity contribution in [1.82, 2.24) is 16.0 Å². The predicted molar refractivity (Wildman–Crippen MR) is 515 cm³/mol. The SMILES string of the molecule is C=[N+](C)C.CCCOCCOCCNC(=O)CCC(=O)NCCNC(=O)CCCOc1ccc(C(=C2C=CC(=NC)C=C2)c2ccc(N(C)C)cc2)cc1.CCOC(=O)CCCOc1ccc(C(=C2C=CC(=[N+](C)C)C=C2)c2ccc(N(C)C)cc2)cc1.CN(C)c1ccc(C(=C2C=CC(=[N+](C)C)C=C2)c2ccc(C(=O)O)cc2)cc1.CN(C)c1ccccc1. The van der Waals surface area contributed by atoms with Gasteiger partial charge >= 0.3 is 11.9 Å². The largest absolute Gasteiger partial charge is 0.494 e. The van der Waals surface area contributed by atoms with E-state index in [1.807, 2.05) is 179 Å². The van der Waals surface area contributed by atoms with E-state index in [0.29, 0.717) is 91.6 Å². The smallest absolute Gasteiger partial charge is 0.335 e. The predicted octanol–water partition coefficient (Wildman–Crippen LogP) is 15.4. The van der Waals surface area contributed by atoms with Gasteiger partial charge in [0.2, 0.25) is 17.7 Å². The molecular formula is C103H132N11O11+3. The number of nitrogens with zero attached hydrogens (tertiary/aromatic N) is 8. The zero-order valence-corrected chi connectivity index (χ0v) is 76.5. The van der Waals surface area contributed by atoms with Crippen LogP contribution in [-0.2, 0) is 33.4 Å². The maximum atomic E-state index is 12.3. The van der Waals surface area contributed by atoms with Crippen LogP contribution in [0.15, 0.2) is 271 Å². The summed E-state index contributed by atoms with van der Waals surface area (Å²) in [4.78, 5) is 71.5. The molecule has 22 nitrogen and oxygen atoms in total. The quantitative estimate of drug-likeness (QED) is 0.0124. The van der Waals surface area contributed by atoms with Crippen LogP contribution in [0.1, 0.15) is 103 Å². The minimum absolute atomic E-state index is 0.0790. The Bertz CT molecular complexity index is 4940. The zero-order valence-electron chi connectivity index (χ0n) is 76.5. The molecule has 7 aromatic rings. The van der Waals surface area contributed by atoms with E-state index in [0.717, 1.165) is 113 Å². The van der Waals surface area contributed by atoms with Gasteiger partial charge in [0.05, 0.1) is 50.9 Å². The van der Waals surface area contributed by atoms with E-state index in [1.165, 1.54) is 11.3 Å². The number of rotatable bonds is 36. The molecule has 3 aliphatic rings. The number of aromatic carboxylic acids is 1. The van der Waals surface area contributed by atoms with Gasteiger partial charge in [0, 0.05) is 162 Å². The van der Waals surface area contributed by atoms with Crippen LogP contribution in [-0.4, -0.2) is 244 Å². The Labute approximate surface area is 742 Å². The number of ether oxygens (including phenoxy) is 5. The highest BCUT2D eigenvalue weighted by atomic mass is 16.5. The normalized spacial score (nSPS) is 11.9. The minimum atomic E-state index is -0.918. The van der Waals surface area contributed by atoms with Crippen molar-refractivity contribution in [2.24, 2.45) is 4.99 Å². The molecule has 0 unspecified atom stereocenters. The number of para-hydroxylation sites is 1. The summed E-state index contributed by atoms with van der Waals surface area (Å²) in [6, 6.07) is 59.0. The monoisotopic (exact) mass is 1700 g/mol. The molecule has 4 N–H and O–H groups in total. The van der Waals surface area contributed by atoms with Gasteiger partial charge < -0.3 is 64.3 Å². The van der Waals surface area contributed by atoms with Gasteiger partial charge in [-0.1, -0.05) is 110 Å². The van der Waals surface area contributed by atoms with E-state index in [2.05, 4.69) is 226 Å². The second kappa shape index (κ2) is 55.2. The summed E-state index contributed by atoms with van der Waals surface area (Å²) in [7, 11) is 30.0. The average Bonchev–Trinajstić information content (AvgIpc) is 0.811. The van der Waals surface area contributed by atoms with E-state index in [1.54, 1.807) is 23.8 Å². The molecule has 662 valence electrons. The van der Waals surface area contributed by atoms with E-state index >= 15 is 0 Å². The number of carboxylic acids is 1. The van der Waals surface area contributed by atoms with Gasteiger partial charge in [0.1, 0.15) is 60.5 Å². The van der Waals surface area contributed by atoms with Crippen molar-refractivity contribution in [2.75, 3.05) is 191 Å². The molecule has 0 heterocycles. The van der Waals surface area contributed by atoms with Gasteiger partial charge in [-0.2, -0.15) is 0 Å². The highest BCUT2D eigenvalue weighted by Crippen LogP contribution is 2.36. The topological polar surface area (TPSA) is 222 Å². The molecule has 0 aliphatic heterocycles. The number of esters is 1. The Balaban J connectivity index is 0.000000279. The number of allylic oxidation sites excluding steroid dienone is 15. The first-order valence-electron chi connectivity index (χ1n) is 42.4. The third kappa shape index (κ3) is 36.5. The molecule has 7 aromatic carbocycles. The highest BCUT2D eigenvalue weighted by molar-refractivity contribution is 6.07. The number of carbonyl (C=O) groups excluding carboxylic acids is 4. The molecule has 3 amide bonds. The third-order valence-corrected chi connectivity index (χ3v) is 19.3. The summed E-state index contributed by atoms with van der Waals surface area (Å²) in [6.45, 7) is 11.7. The van der Waals surface area contributed by atoms with Gasteiger partial charge in [0.15, 0.2) is 11.4 Å². The van der Waals surface area contributed by atoms with Crippen LogP contribution in [0.2, 0.25) is 0 Å². The summed E-state index contributed by atoms with van der Waals surface area (Å²) >= 11 is 0. The van der Waals surface area contributed by atoms with Crippen LogP contribution in [0.4, 0.5) is 22.7 Å². The lowest BCUT2D eigenvalue weighted by atomic mass is 9.90. The second-order valence-electron chi connectivity index (χ2n) is 30.8. The van der Waals surface area contributed by atoms with Gasteiger partial charge in [-0.25, -0.2) is 18.5 Å². The van der Waals surface area contributed by atoms with Gasteiger partial charge in [-0.3, -0.25) is 24.2 Å². The molecular weight excluding hydrogens is 1570 g/mol. The molecule has 0 aromatic heterocycles. The molecule has 125 heavy (non-hydrogen) atoms. The van der Waals surface area contributed by atoms with Crippen molar-refractivity contribution in [3.63, 3.8) is 0 Å². The lowest BCUT2D eigenvalue weighted by Gasteiger charge is -2.17. The second-order valence-corrected chi connectivity index (χ2v) is 30.8. The average molecular weight is 1700 g/mol. The number of anilines is 4. The molecule has 0 saturated heterocycles. The van der Waals surface area contributed by atoms with Crippen LogP contribution in [0, 0.1) is 0 Å². The highest BCUT2D eigenvalue weighted by Gasteiger charge is 2.19. The number of nitrogens with one attached hydrogen (secondary N) is 3. The standard InChI is InChI=1S/C39H53N5O6.C29H35N2O3.C24H24N2O2.C8H11N.C3H8N/c1-5-25-48-28-29-49-27-24-43-38(47)21-20-37(46)42-23-22-41-36(45)7-6-26-50-35-18-12-32(13-19-35)39(30-8-14-33(40-2)15-9-30)31-10-16-34(17-11-31)44(3)4;1-6-33-28(32)8-7-21-34-27-19-13-24(14-20-27)29(22-9-15-25(16-10-22)30(2)3)23-11-17-26(18-12-23)31(4)5;1-25(2)21-13-9-18(10-14-21)23(17-5-7-20(8-6-17)24(27)28)19-11-15-22(16-12-19)26(3)4;1-9(2)8-6-4-3-5-7-8;1-4(2)3/h8-19H,5-7,20-29H2,1-4H3,(H,41,45)(H,42,46)(H,43,47);9-20H,6-8,21H2,1-5H3;5-16H,1-4H3;3-7H,1-2H3;1H2,2-3H3/q;+1;;;+1/p+1. The van der Waals surface area contributed by atoms with Gasteiger partial charge in [0.25, 0.3) is 0 Å². The van der Waals surface area contributed by atoms with Gasteiger partial charge in [-0.15, -0.1) is 0 Å². The van der Waals surface area contributed by atoms with E-state index in [4.69, 9.17) is 23.7 Å². The Kier molecular flexibility index (Phi) is 44.5. The molecule has 0 fully saturated rings. The Morgan fingerprint density at radius 1 is 0.376 bits per heavy atom. The van der Waals surface area contributed by atoms with Crippen molar-refractivity contribution < 1.29 is 66.5 Å². The minimum Gasteiger partial charge on any atom is -0.494 e. The fraction of sp³-hybridized carbons (Fsp3) is 0.330. The molecule has 0 radical (unpaired) electrons. The summed E-state index contributed by atoms with van der Waals surface area (Å²) in [6.07, 6.45) is 28.2. The van der Waals surface area contributed by atoms with Crippen LogP contribution in [0.5, 0.6) is 11.5 Å². The Morgan fingerprint density at radius 2 is 0.688 bits per heavy atom. The van der Waals surface area contributed by atoms with Crippen molar-refractivity contribution >= 4 is 93.0 Å². The molecule has 0 saturated carbocycles. The fourth-order valence-electron chi connectivity index (χ4n) is 12.5. The number of benzene rings is 7. The maximum Gasteiger partial charge on any atom is 0.335 e. The summed E-state index contributed by atoms with van der Waals surface area (Å²) in [5.74, 6) is -0.137. The van der Waals surface area contributed by atoms with Crippen LogP contribution >= 0.6 is 0 Å². The Morgan fingerprint density at radius 3 is 1.02 bits per heavy atom. The molecule has 0 bridgehead atoms. The van der Waals surface area contributed by atoms with Crippen LogP contribution in [0.3, 0.4) is 0 Å². The third-order valence-electron chi connectivity index (χ3n) is 19.3. The molecule has 22 heteroatoms. The number of hydrogen-bond donors (Lipinski definition) is 4. The lowest BCUT2D eigenvalue weighted by molar-refractivity contribution is -0.462. The van der Waals surface area contributed by atoms with Crippen LogP contribution < -0.4 is 45.0 Å².